The van der Waals surface area contributed by atoms with E-state index < -0.39 is 0 Å². The molecule has 0 aliphatic carbocycles. The van der Waals surface area contributed by atoms with Crippen molar-refractivity contribution < 1.29 is 0 Å². The van der Waals surface area contributed by atoms with Gasteiger partial charge in [0.1, 0.15) is 0 Å². The van der Waals surface area contributed by atoms with E-state index in [0.717, 1.165) is 5.92 Å². The van der Waals surface area contributed by atoms with Crippen LogP contribution in [0.3, 0.4) is 0 Å². The minimum atomic E-state index is 0.348. The molecule has 0 aromatic rings. The van der Waals surface area contributed by atoms with Crippen LogP contribution in [0.25, 0.3) is 0 Å². The molecule has 17 heavy (non-hydrogen) atoms. The molecule has 2 nitrogen and oxygen atoms in total. The third-order valence-electron chi connectivity index (χ3n) is 3.74. The van der Waals surface area contributed by atoms with Crippen molar-refractivity contribution >= 4 is 0 Å². The van der Waals surface area contributed by atoms with E-state index in [1.807, 2.05) is 0 Å². The highest BCUT2D eigenvalue weighted by atomic mass is 15.3. The summed E-state index contributed by atoms with van der Waals surface area (Å²) in [5.41, 5.74) is 0.348. The molecule has 102 valence electrons. The zero-order chi connectivity index (χ0) is 12.9. The summed E-state index contributed by atoms with van der Waals surface area (Å²) in [5, 5.41) is 0. The second-order valence-electron chi connectivity index (χ2n) is 6.64. The van der Waals surface area contributed by atoms with Gasteiger partial charge in [0.05, 0.1) is 0 Å². The first kappa shape index (κ1) is 15.0. The Balaban J connectivity index is 2.50. The van der Waals surface area contributed by atoms with Gasteiger partial charge in [0, 0.05) is 18.6 Å². The zero-order valence-corrected chi connectivity index (χ0v) is 12.6. The Hall–Kier alpha value is -0.0800. The van der Waals surface area contributed by atoms with Gasteiger partial charge in [-0.3, -0.25) is 4.90 Å². The minimum absolute atomic E-state index is 0.348. The lowest BCUT2D eigenvalue weighted by Gasteiger charge is -2.40. The molecule has 0 atom stereocenters. The second-order valence-corrected chi connectivity index (χ2v) is 6.64. The number of hydrogen-bond donors (Lipinski definition) is 0. The largest absolute Gasteiger partial charge is 0.301 e. The van der Waals surface area contributed by atoms with Crippen LogP contribution in [0.1, 0.15) is 53.9 Å². The molecule has 1 fully saturated rings. The Bertz CT molecular complexity index is 205. The molecule has 1 heterocycles. The van der Waals surface area contributed by atoms with E-state index in [4.69, 9.17) is 0 Å². The Labute approximate surface area is 108 Å². The normalized spacial score (nSPS) is 18.5. The summed E-state index contributed by atoms with van der Waals surface area (Å²) < 4.78 is 0. The van der Waals surface area contributed by atoms with Gasteiger partial charge in [-0.2, -0.15) is 0 Å². The summed E-state index contributed by atoms with van der Waals surface area (Å²) in [4.78, 5) is 5.33. The lowest BCUT2D eigenvalue weighted by atomic mass is 10.0. The van der Waals surface area contributed by atoms with E-state index in [9.17, 15) is 0 Å². The average molecular weight is 240 g/mol. The maximum Gasteiger partial charge on any atom is 0.0280 e. The third-order valence-corrected chi connectivity index (χ3v) is 3.74. The number of nitrogens with zero attached hydrogens (tertiary/aromatic N) is 2. The van der Waals surface area contributed by atoms with Crippen molar-refractivity contribution in [2.45, 2.75) is 59.4 Å². The van der Waals surface area contributed by atoms with Gasteiger partial charge in [-0.15, -0.1) is 0 Å². The molecule has 0 saturated carbocycles. The third kappa shape index (κ3) is 4.97. The van der Waals surface area contributed by atoms with Crippen LogP contribution in [0.4, 0.5) is 0 Å². The molecule has 1 aliphatic rings. The van der Waals surface area contributed by atoms with E-state index in [-0.39, 0.29) is 0 Å². The van der Waals surface area contributed by atoms with Crippen molar-refractivity contribution in [3.05, 3.63) is 0 Å². The average Bonchev–Trinajstić information content (AvgIpc) is 2.69. The van der Waals surface area contributed by atoms with Gasteiger partial charge >= 0.3 is 0 Å². The SMILES string of the molecule is CCCN(CC(C)C)CC(C)(C)N1CCCC1. The molecule has 1 saturated heterocycles. The molecule has 0 radical (unpaired) electrons. The van der Waals surface area contributed by atoms with E-state index in [2.05, 4.69) is 44.4 Å². The van der Waals surface area contributed by atoms with Crippen LogP contribution >= 0.6 is 0 Å². The first-order chi connectivity index (χ1) is 7.95. The van der Waals surface area contributed by atoms with Crippen molar-refractivity contribution in [3.8, 4) is 0 Å². The predicted octanol–water partition coefficient (Wildman–Crippen LogP) is 3.23. The van der Waals surface area contributed by atoms with Crippen LogP contribution in [-0.2, 0) is 0 Å². The fourth-order valence-electron chi connectivity index (χ4n) is 3.04. The fourth-order valence-corrected chi connectivity index (χ4v) is 3.04. The molecule has 0 amide bonds. The molecular formula is C15H32N2. The standard InChI is InChI=1S/C15H32N2/c1-6-9-16(12-14(2)3)13-15(4,5)17-10-7-8-11-17/h14H,6-13H2,1-5H3. The van der Waals surface area contributed by atoms with Crippen LogP contribution in [0, 0.1) is 5.92 Å². The topological polar surface area (TPSA) is 6.48 Å². The first-order valence-corrected chi connectivity index (χ1v) is 7.43. The van der Waals surface area contributed by atoms with E-state index in [1.54, 1.807) is 0 Å². The molecular weight excluding hydrogens is 208 g/mol. The van der Waals surface area contributed by atoms with Gasteiger partial charge in [0.2, 0.25) is 0 Å². The van der Waals surface area contributed by atoms with E-state index in [1.165, 1.54) is 52.0 Å². The van der Waals surface area contributed by atoms with Gasteiger partial charge in [-0.25, -0.2) is 0 Å². The molecule has 1 aliphatic heterocycles. The molecule has 0 spiro atoms. The summed E-state index contributed by atoms with van der Waals surface area (Å²) in [7, 11) is 0. The fraction of sp³-hybridized carbons (Fsp3) is 1.00. The predicted molar refractivity (Wildman–Crippen MR) is 76.5 cm³/mol. The van der Waals surface area contributed by atoms with Crippen LogP contribution in [0.5, 0.6) is 0 Å². The summed E-state index contributed by atoms with van der Waals surface area (Å²) in [5.74, 6) is 0.774. The van der Waals surface area contributed by atoms with Gasteiger partial charge in [-0.1, -0.05) is 20.8 Å². The van der Waals surface area contributed by atoms with Crippen LogP contribution in [0.15, 0.2) is 0 Å². The summed E-state index contributed by atoms with van der Waals surface area (Å²) in [6.07, 6.45) is 4.05. The van der Waals surface area contributed by atoms with Gasteiger partial charge < -0.3 is 4.90 Å². The highest BCUT2D eigenvalue weighted by molar-refractivity contribution is 4.87. The van der Waals surface area contributed by atoms with Crippen molar-refractivity contribution in [1.82, 2.24) is 9.80 Å². The van der Waals surface area contributed by atoms with Crippen molar-refractivity contribution in [2.75, 3.05) is 32.7 Å². The number of likely N-dealkylation sites (tertiary alicyclic amines) is 1. The van der Waals surface area contributed by atoms with E-state index >= 15 is 0 Å². The van der Waals surface area contributed by atoms with E-state index in [0.29, 0.717) is 5.54 Å². The highest BCUT2D eigenvalue weighted by Gasteiger charge is 2.30. The molecule has 0 bridgehead atoms. The van der Waals surface area contributed by atoms with Gasteiger partial charge in [0.15, 0.2) is 0 Å². The summed E-state index contributed by atoms with van der Waals surface area (Å²) in [6, 6.07) is 0. The van der Waals surface area contributed by atoms with Crippen LogP contribution in [0.2, 0.25) is 0 Å². The van der Waals surface area contributed by atoms with Crippen molar-refractivity contribution in [1.29, 1.82) is 0 Å². The molecule has 0 aromatic heterocycles. The highest BCUT2D eigenvalue weighted by Crippen LogP contribution is 2.22. The van der Waals surface area contributed by atoms with Crippen molar-refractivity contribution in [3.63, 3.8) is 0 Å². The lowest BCUT2D eigenvalue weighted by Crippen LogP contribution is -2.51. The maximum absolute atomic E-state index is 2.68. The molecule has 0 aromatic carbocycles. The van der Waals surface area contributed by atoms with Crippen molar-refractivity contribution in [2.24, 2.45) is 5.92 Å². The van der Waals surface area contributed by atoms with Gasteiger partial charge in [0.25, 0.3) is 0 Å². The molecule has 1 rings (SSSR count). The minimum Gasteiger partial charge on any atom is -0.301 e. The van der Waals surface area contributed by atoms with Crippen LogP contribution < -0.4 is 0 Å². The second kappa shape index (κ2) is 6.75. The Morgan fingerprint density at radius 3 is 2.24 bits per heavy atom. The summed E-state index contributed by atoms with van der Waals surface area (Å²) >= 11 is 0. The Kier molecular flexibility index (Phi) is 5.94. The first-order valence-electron chi connectivity index (χ1n) is 7.43. The molecule has 2 heteroatoms. The Morgan fingerprint density at radius 1 is 1.18 bits per heavy atom. The smallest absolute Gasteiger partial charge is 0.0280 e. The zero-order valence-electron chi connectivity index (χ0n) is 12.6. The van der Waals surface area contributed by atoms with Crippen LogP contribution in [-0.4, -0.2) is 48.1 Å². The monoisotopic (exact) mass is 240 g/mol. The number of hydrogen-bond acceptors (Lipinski definition) is 2. The molecule has 0 unspecified atom stereocenters. The number of rotatable bonds is 7. The Morgan fingerprint density at radius 2 is 1.76 bits per heavy atom. The molecule has 0 N–H and O–H groups in total. The quantitative estimate of drug-likeness (QED) is 0.674. The maximum atomic E-state index is 2.68. The summed E-state index contributed by atoms with van der Waals surface area (Å²) in [6.45, 7) is 18.1. The lowest BCUT2D eigenvalue weighted by molar-refractivity contribution is 0.0892. The van der Waals surface area contributed by atoms with Gasteiger partial charge in [-0.05, 0) is 58.7 Å².